The van der Waals surface area contributed by atoms with E-state index in [0.717, 1.165) is 51.1 Å². The van der Waals surface area contributed by atoms with Gasteiger partial charge < -0.3 is 20.1 Å². The lowest BCUT2D eigenvalue weighted by Crippen LogP contribution is -2.56. The molecule has 2 saturated carbocycles. The highest BCUT2D eigenvalue weighted by atomic mass is 35.5. The SMILES string of the molecule is CC[C@@]1(O)CC2CC[C@H](N3CCN(c4ccc(Nc5ncc(C(F)(F)F)c(Cl)n5)c(OC)c4)CC3)C(C2)C1. The number of aliphatic hydroxyl groups is 1. The van der Waals surface area contributed by atoms with Gasteiger partial charge in [-0.25, -0.2) is 9.97 Å². The van der Waals surface area contributed by atoms with Crippen LogP contribution in [0.4, 0.5) is 30.5 Å². The topological polar surface area (TPSA) is 73.8 Å². The Bertz CT molecular complexity index is 1140. The standard InChI is InChI=1S/C27H35ClF3N5O2/c1-3-26(37)14-17-4-7-22(18(12-17)15-26)36-10-8-35(9-11-36)19-5-6-21(23(13-19)38-2)33-25-32-16-20(24(28)34-25)27(29,30)31/h5-6,13,16-18,22,37H,3-4,7-12,14-15H2,1-2H3,(H,32,33,34)/t17?,18?,22-,26+/m0/s1. The number of methoxy groups -OCH3 is 1. The van der Waals surface area contributed by atoms with E-state index in [1.165, 1.54) is 19.3 Å². The Balaban J connectivity index is 1.22. The number of hydrogen-bond donors (Lipinski definition) is 2. The van der Waals surface area contributed by atoms with Gasteiger partial charge >= 0.3 is 6.18 Å². The fourth-order valence-corrected chi connectivity index (χ4v) is 6.89. The Morgan fingerprint density at radius 2 is 1.95 bits per heavy atom. The minimum atomic E-state index is -4.62. The maximum atomic E-state index is 13.0. The molecule has 2 aromatic rings. The maximum Gasteiger partial charge on any atom is 0.420 e. The zero-order valence-electron chi connectivity index (χ0n) is 21.8. The number of nitrogens with zero attached hydrogens (tertiary/aromatic N) is 4. The van der Waals surface area contributed by atoms with Crippen molar-refractivity contribution >= 4 is 28.9 Å². The minimum Gasteiger partial charge on any atom is -0.494 e. The number of aromatic nitrogens is 2. The van der Waals surface area contributed by atoms with E-state index in [-0.39, 0.29) is 5.95 Å². The van der Waals surface area contributed by atoms with Gasteiger partial charge in [0, 0.05) is 50.2 Å². The van der Waals surface area contributed by atoms with Crippen molar-refractivity contribution in [3.05, 3.63) is 35.1 Å². The predicted molar refractivity (Wildman–Crippen MR) is 141 cm³/mol. The summed E-state index contributed by atoms with van der Waals surface area (Å²) < 4.78 is 44.4. The number of alkyl halides is 3. The molecule has 3 fully saturated rings. The van der Waals surface area contributed by atoms with Crippen molar-refractivity contribution in [1.29, 1.82) is 0 Å². The van der Waals surface area contributed by atoms with Gasteiger partial charge in [-0.15, -0.1) is 0 Å². The number of halogens is 4. The van der Waals surface area contributed by atoms with Crippen molar-refractivity contribution in [2.24, 2.45) is 11.8 Å². The van der Waals surface area contributed by atoms with Crippen molar-refractivity contribution in [1.82, 2.24) is 14.9 Å². The monoisotopic (exact) mass is 553 g/mol. The quantitative estimate of drug-likeness (QED) is 0.442. The number of nitrogens with one attached hydrogen (secondary N) is 1. The molecule has 2 bridgehead atoms. The third-order valence-electron chi connectivity index (χ3n) is 8.65. The lowest BCUT2D eigenvalue weighted by Gasteiger charge is -2.52. The normalized spacial score (nSPS) is 28.3. The number of ether oxygens (including phenoxy) is 1. The van der Waals surface area contributed by atoms with Crippen molar-refractivity contribution in [3.63, 3.8) is 0 Å². The second-order valence-electron chi connectivity index (χ2n) is 10.9. The van der Waals surface area contributed by atoms with E-state index in [2.05, 4.69) is 32.0 Å². The average Bonchev–Trinajstić information content (AvgIpc) is 2.88. The van der Waals surface area contributed by atoms with Gasteiger partial charge in [0.15, 0.2) is 0 Å². The van der Waals surface area contributed by atoms with E-state index < -0.39 is 22.5 Å². The first kappa shape index (κ1) is 27.3. The van der Waals surface area contributed by atoms with Crippen LogP contribution in [0.1, 0.15) is 51.0 Å². The summed E-state index contributed by atoms with van der Waals surface area (Å²) in [5.41, 5.74) is -0.0240. The first-order valence-corrected chi connectivity index (χ1v) is 13.7. The summed E-state index contributed by atoms with van der Waals surface area (Å²) >= 11 is 5.73. The highest BCUT2D eigenvalue weighted by Crippen LogP contribution is 2.47. The van der Waals surface area contributed by atoms with E-state index in [4.69, 9.17) is 16.3 Å². The molecule has 11 heteroatoms. The zero-order chi connectivity index (χ0) is 27.1. The molecule has 2 aliphatic carbocycles. The van der Waals surface area contributed by atoms with Crippen molar-refractivity contribution in [2.75, 3.05) is 43.5 Å². The molecular weight excluding hydrogens is 519 g/mol. The molecule has 3 aliphatic rings. The number of benzene rings is 1. The summed E-state index contributed by atoms with van der Waals surface area (Å²) in [6.45, 7) is 5.82. The third kappa shape index (κ3) is 5.67. The highest BCUT2D eigenvalue weighted by molar-refractivity contribution is 6.30. The summed E-state index contributed by atoms with van der Waals surface area (Å²) in [7, 11) is 1.54. The van der Waals surface area contributed by atoms with Crippen LogP contribution in [0.3, 0.4) is 0 Å². The van der Waals surface area contributed by atoms with E-state index in [9.17, 15) is 18.3 Å². The van der Waals surface area contributed by atoms with Crippen LogP contribution < -0.4 is 15.0 Å². The minimum absolute atomic E-state index is 0.0462. The van der Waals surface area contributed by atoms with Crippen LogP contribution in [-0.4, -0.2) is 64.9 Å². The molecule has 2 N–H and O–H groups in total. The molecule has 38 heavy (non-hydrogen) atoms. The molecule has 2 heterocycles. The van der Waals surface area contributed by atoms with E-state index in [1.54, 1.807) is 7.11 Å². The molecule has 1 aliphatic heterocycles. The van der Waals surface area contributed by atoms with Gasteiger partial charge in [-0.05, 0) is 62.5 Å². The lowest BCUT2D eigenvalue weighted by molar-refractivity contribution is -0.137. The van der Waals surface area contributed by atoms with Crippen LogP contribution in [0, 0.1) is 11.8 Å². The predicted octanol–water partition coefficient (Wildman–Crippen LogP) is 5.74. The average molecular weight is 554 g/mol. The van der Waals surface area contributed by atoms with Gasteiger partial charge in [0.05, 0.1) is 18.4 Å². The molecule has 0 amide bonds. The summed E-state index contributed by atoms with van der Waals surface area (Å²) in [5, 5.41) is 13.3. The molecule has 5 rings (SSSR count). The molecule has 1 saturated heterocycles. The second-order valence-corrected chi connectivity index (χ2v) is 11.3. The van der Waals surface area contributed by atoms with Gasteiger partial charge in [-0.3, -0.25) is 4.90 Å². The van der Waals surface area contributed by atoms with Crippen LogP contribution in [0.15, 0.2) is 24.4 Å². The largest absolute Gasteiger partial charge is 0.494 e. The maximum absolute atomic E-state index is 13.0. The fraction of sp³-hybridized carbons (Fsp3) is 0.630. The highest BCUT2D eigenvalue weighted by Gasteiger charge is 2.45. The fourth-order valence-electron chi connectivity index (χ4n) is 6.65. The Morgan fingerprint density at radius 3 is 2.61 bits per heavy atom. The van der Waals surface area contributed by atoms with E-state index in [0.29, 0.717) is 35.5 Å². The van der Waals surface area contributed by atoms with Gasteiger partial charge in [0.2, 0.25) is 5.95 Å². The molecule has 1 aromatic carbocycles. The molecule has 0 spiro atoms. The molecule has 4 atom stereocenters. The summed E-state index contributed by atoms with van der Waals surface area (Å²) in [4.78, 5) is 12.5. The number of piperazine rings is 1. The zero-order valence-corrected chi connectivity index (χ0v) is 22.5. The molecule has 2 unspecified atom stereocenters. The van der Waals surface area contributed by atoms with Crippen LogP contribution >= 0.6 is 11.6 Å². The van der Waals surface area contributed by atoms with Gasteiger partial charge in [0.25, 0.3) is 0 Å². The van der Waals surface area contributed by atoms with Crippen LogP contribution in [-0.2, 0) is 6.18 Å². The molecule has 0 radical (unpaired) electrons. The molecule has 208 valence electrons. The number of hydrogen-bond acceptors (Lipinski definition) is 7. The lowest BCUT2D eigenvalue weighted by atomic mass is 9.63. The van der Waals surface area contributed by atoms with E-state index >= 15 is 0 Å². The van der Waals surface area contributed by atoms with Crippen LogP contribution in [0.25, 0.3) is 0 Å². The first-order chi connectivity index (χ1) is 18.1. The van der Waals surface area contributed by atoms with Crippen LogP contribution in [0.5, 0.6) is 5.75 Å². The Labute approximate surface area is 226 Å². The Morgan fingerprint density at radius 1 is 1.18 bits per heavy atom. The Hall–Kier alpha value is -2.30. The van der Waals surface area contributed by atoms with Crippen LogP contribution in [0.2, 0.25) is 5.15 Å². The van der Waals surface area contributed by atoms with Crippen molar-refractivity contribution in [3.8, 4) is 5.75 Å². The Kier molecular flexibility index (Phi) is 7.68. The number of rotatable bonds is 6. The molecule has 7 nitrogen and oxygen atoms in total. The van der Waals surface area contributed by atoms with Gasteiger partial charge in [-0.1, -0.05) is 18.5 Å². The summed E-state index contributed by atoms with van der Waals surface area (Å²) in [6, 6.07) is 6.23. The summed E-state index contributed by atoms with van der Waals surface area (Å²) in [5.74, 6) is 1.73. The third-order valence-corrected chi connectivity index (χ3v) is 8.94. The van der Waals surface area contributed by atoms with Crippen molar-refractivity contribution in [2.45, 2.75) is 63.3 Å². The number of anilines is 3. The smallest absolute Gasteiger partial charge is 0.420 e. The molecule has 1 aromatic heterocycles. The summed E-state index contributed by atoms with van der Waals surface area (Å²) in [6.07, 6.45) is 2.45. The second kappa shape index (κ2) is 10.7. The van der Waals surface area contributed by atoms with E-state index in [1.807, 2.05) is 18.2 Å². The number of fused-ring (bicyclic) bond motifs is 2. The van der Waals surface area contributed by atoms with Crippen molar-refractivity contribution < 1.29 is 23.0 Å². The van der Waals surface area contributed by atoms with Gasteiger partial charge in [0.1, 0.15) is 16.5 Å². The molecular formula is C27H35ClF3N5O2. The first-order valence-electron chi connectivity index (χ1n) is 13.3. The van der Waals surface area contributed by atoms with Gasteiger partial charge in [-0.2, -0.15) is 13.2 Å².